The number of carbonyl (C=O) groups is 1. The number of benzene rings is 2. The van der Waals surface area contributed by atoms with E-state index in [0.29, 0.717) is 10.7 Å². The molecule has 1 N–H and O–H groups in total. The average molecular weight is 473 g/mol. The largest absolute Gasteiger partial charge is 0.437 e. The van der Waals surface area contributed by atoms with Gasteiger partial charge in [-0.1, -0.05) is 48.5 Å². The molecule has 2 aromatic carbocycles. The van der Waals surface area contributed by atoms with E-state index in [2.05, 4.69) is 10.4 Å². The maximum atomic E-state index is 13.7. The molecule has 164 valence electrons. The third-order valence-corrected chi connectivity index (χ3v) is 5.80. The zero-order chi connectivity index (χ0) is 22.7. The third kappa shape index (κ3) is 4.72. The van der Waals surface area contributed by atoms with E-state index >= 15 is 0 Å². The van der Waals surface area contributed by atoms with Gasteiger partial charge in [0.15, 0.2) is 5.69 Å². The number of carbonyl (C=O) groups excluding carboxylic acids is 1. The van der Waals surface area contributed by atoms with E-state index < -0.39 is 11.7 Å². The van der Waals surface area contributed by atoms with Crippen molar-refractivity contribution in [3.8, 4) is 23.4 Å². The minimum Gasteiger partial charge on any atom is -0.437 e. The van der Waals surface area contributed by atoms with Gasteiger partial charge >= 0.3 is 0 Å². The highest BCUT2D eigenvalue weighted by atomic mass is 35.5. The Kier molecular flexibility index (Phi) is 6.63. The summed E-state index contributed by atoms with van der Waals surface area (Å²) in [5.74, 6) is -0.878. The summed E-state index contributed by atoms with van der Waals surface area (Å²) < 4.78 is 20.8. The van der Waals surface area contributed by atoms with Crippen LogP contribution in [0.5, 0.6) is 11.6 Å². The molecule has 1 amide bonds. The van der Waals surface area contributed by atoms with Crippen LogP contribution in [0.3, 0.4) is 0 Å². The number of amides is 1. The van der Waals surface area contributed by atoms with E-state index in [1.807, 2.05) is 6.07 Å². The summed E-state index contributed by atoms with van der Waals surface area (Å²) in [6.45, 7) is 0. The van der Waals surface area contributed by atoms with Crippen LogP contribution in [0.15, 0.2) is 42.5 Å². The average Bonchev–Trinajstić information content (AvgIpc) is 3.12. The molecule has 1 aromatic heterocycles. The predicted octanol–water partition coefficient (Wildman–Crippen LogP) is 6.04. The summed E-state index contributed by atoms with van der Waals surface area (Å²) in [7, 11) is 0. The number of rotatable bonds is 5. The molecule has 0 aliphatic heterocycles. The first-order chi connectivity index (χ1) is 15.5. The van der Waals surface area contributed by atoms with Crippen molar-refractivity contribution in [2.45, 2.75) is 38.1 Å². The van der Waals surface area contributed by atoms with Gasteiger partial charge in [-0.15, -0.1) is 0 Å². The molecule has 32 heavy (non-hydrogen) atoms. The van der Waals surface area contributed by atoms with Gasteiger partial charge in [0.2, 0.25) is 5.88 Å². The monoisotopic (exact) mass is 472 g/mol. The van der Waals surface area contributed by atoms with Gasteiger partial charge in [0.05, 0.1) is 10.7 Å². The van der Waals surface area contributed by atoms with Crippen molar-refractivity contribution in [3.63, 3.8) is 0 Å². The number of hydrogen-bond acceptors (Lipinski definition) is 4. The van der Waals surface area contributed by atoms with Gasteiger partial charge in [-0.25, -0.2) is 4.39 Å². The van der Waals surface area contributed by atoms with Crippen LogP contribution in [0.1, 0.15) is 48.2 Å². The number of nitrogens with zero attached hydrogens (tertiary/aromatic N) is 3. The van der Waals surface area contributed by atoms with Gasteiger partial charge in [-0.05, 0) is 43.2 Å². The van der Waals surface area contributed by atoms with E-state index in [1.165, 1.54) is 35.0 Å². The molecular weight excluding hydrogens is 454 g/mol. The fourth-order valence-electron chi connectivity index (χ4n) is 3.72. The second-order valence-electron chi connectivity index (χ2n) is 7.52. The lowest BCUT2D eigenvalue weighted by Gasteiger charge is -2.22. The zero-order valence-electron chi connectivity index (χ0n) is 16.9. The molecule has 1 fully saturated rings. The smallest absolute Gasteiger partial charge is 0.273 e. The van der Waals surface area contributed by atoms with Crippen LogP contribution in [0, 0.1) is 17.1 Å². The molecule has 9 heteroatoms. The van der Waals surface area contributed by atoms with E-state index in [1.54, 1.807) is 12.1 Å². The Bertz CT molecular complexity index is 1200. The second-order valence-corrected chi connectivity index (χ2v) is 8.36. The molecule has 4 rings (SSSR count). The van der Waals surface area contributed by atoms with Gasteiger partial charge in [0.25, 0.3) is 5.91 Å². The summed E-state index contributed by atoms with van der Waals surface area (Å²) in [4.78, 5) is 13.0. The maximum Gasteiger partial charge on any atom is 0.273 e. The minimum absolute atomic E-state index is 0.0275. The lowest BCUT2D eigenvalue weighted by molar-refractivity contribution is 0.0922. The maximum absolute atomic E-state index is 13.7. The van der Waals surface area contributed by atoms with Crippen molar-refractivity contribution < 1.29 is 13.9 Å². The summed E-state index contributed by atoms with van der Waals surface area (Å²) >= 11 is 12.4. The summed E-state index contributed by atoms with van der Waals surface area (Å²) in [6, 6.07) is 12.2. The minimum atomic E-state index is -0.508. The fourth-order valence-corrected chi connectivity index (χ4v) is 4.20. The number of ether oxygens (including phenoxy) is 1. The van der Waals surface area contributed by atoms with E-state index in [4.69, 9.17) is 27.9 Å². The molecule has 0 radical (unpaired) electrons. The van der Waals surface area contributed by atoms with Gasteiger partial charge < -0.3 is 10.1 Å². The van der Waals surface area contributed by atoms with Crippen molar-refractivity contribution in [2.24, 2.45) is 0 Å². The molecular formula is C23H19Cl2FN4O2. The molecule has 1 aliphatic carbocycles. The van der Waals surface area contributed by atoms with Crippen molar-refractivity contribution in [2.75, 3.05) is 0 Å². The SMILES string of the molecule is N#Cc1c(C(=O)NC2CCCCC2)nn(-c2ccc(Cl)cc2Cl)c1Oc1cccc(F)c1. The Balaban J connectivity index is 1.79. The molecule has 0 bridgehead atoms. The van der Waals surface area contributed by atoms with Crippen molar-refractivity contribution >= 4 is 29.1 Å². The molecule has 1 heterocycles. The Hall–Kier alpha value is -3.08. The zero-order valence-corrected chi connectivity index (χ0v) is 18.5. The predicted molar refractivity (Wildman–Crippen MR) is 119 cm³/mol. The van der Waals surface area contributed by atoms with E-state index in [-0.39, 0.29) is 34.0 Å². The molecule has 3 aromatic rings. The number of nitrogens with one attached hydrogen (secondary N) is 1. The van der Waals surface area contributed by atoms with Crippen LogP contribution in [-0.2, 0) is 0 Å². The van der Waals surface area contributed by atoms with Gasteiger partial charge in [-0.2, -0.15) is 15.0 Å². The van der Waals surface area contributed by atoms with Crippen molar-refractivity contribution in [1.29, 1.82) is 5.26 Å². The second kappa shape index (κ2) is 9.60. The highest BCUT2D eigenvalue weighted by Gasteiger charge is 2.28. The summed E-state index contributed by atoms with van der Waals surface area (Å²) in [5.41, 5.74) is 0.194. The van der Waals surface area contributed by atoms with E-state index in [0.717, 1.165) is 32.1 Å². The fraction of sp³-hybridized carbons (Fsp3) is 0.261. The van der Waals surface area contributed by atoms with E-state index in [9.17, 15) is 14.4 Å². The van der Waals surface area contributed by atoms with Crippen molar-refractivity contribution in [3.05, 3.63) is 69.6 Å². The topological polar surface area (TPSA) is 79.9 Å². The first-order valence-electron chi connectivity index (χ1n) is 10.2. The standard InChI is InChI=1S/C23H19Cl2FN4O2/c24-14-9-10-20(19(25)11-14)30-23(32-17-8-4-5-15(26)12-17)18(13-27)21(29-30)22(31)28-16-6-2-1-3-7-16/h4-5,8-12,16H,1-3,6-7H2,(H,28,31). The van der Waals surface area contributed by atoms with Crippen LogP contribution >= 0.6 is 23.2 Å². The van der Waals surface area contributed by atoms with Crippen molar-refractivity contribution in [1.82, 2.24) is 15.1 Å². The van der Waals surface area contributed by atoms with Gasteiger partial charge in [0, 0.05) is 17.1 Å². The van der Waals surface area contributed by atoms with Gasteiger partial charge in [-0.3, -0.25) is 4.79 Å². The van der Waals surface area contributed by atoms with Crippen LogP contribution in [0.4, 0.5) is 4.39 Å². The van der Waals surface area contributed by atoms with Crippen LogP contribution in [0.25, 0.3) is 5.69 Å². The molecule has 1 aliphatic rings. The Morgan fingerprint density at radius 3 is 2.66 bits per heavy atom. The summed E-state index contributed by atoms with van der Waals surface area (Å²) in [6.07, 6.45) is 4.98. The number of aromatic nitrogens is 2. The number of halogens is 3. The van der Waals surface area contributed by atoms with Gasteiger partial charge in [0.1, 0.15) is 23.2 Å². The van der Waals surface area contributed by atoms with Crippen LogP contribution in [0.2, 0.25) is 10.0 Å². The molecule has 0 atom stereocenters. The lowest BCUT2D eigenvalue weighted by Crippen LogP contribution is -2.36. The van der Waals surface area contributed by atoms with Crippen LogP contribution < -0.4 is 10.1 Å². The molecule has 0 spiro atoms. The number of nitriles is 1. The normalized spacial score (nSPS) is 14.1. The molecule has 1 saturated carbocycles. The third-order valence-electron chi connectivity index (χ3n) is 5.26. The first-order valence-corrected chi connectivity index (χ1v) is 10.9. The number of hydrogen-bond donors (Lipinski definition) is 1. The highest BCUT2D eigenvalue weighted by Crippen LogP contribution is 2.34. The van der Waals surface area contributed by atoms with Crippen LogP contribution in [-0.4, -0.2) is 21.7 Å². The highest BCUT2D eigenvalue weighted by molar-refractivity contribution is 6.35. The quantitative estimate of drug-likeness (QED) is 0.490. The Morgan fingerprint density at radius 2 is 1.97 bits per heavy atom. The molecule has 0 unspecified atom stereocenters. The first kappa shape index (κ1) is 22.1. The molecule has 6 nitrogen and oxygen atoms in total. The summed E-state index contributed by atoms with van der Waals surface area (Å²) in [5, 5.41) is 17.8. The molecule has 0 saturated heterocycles. The Morgan fingerprint density at radius 1 is 1.19 bits per heavy atom. The lowest BCUT2D eigenvalue weighted by atomic mass is 9.95. The Labute approximate surface area is 194 Å².